The van der Waals surface area contributed by atoms with Crippen molar-refractivity contribution in [3.63, 3.8) is 0 Å². The van der Waals surface area contributed by atoms with Crippen molar-refractivity contribution in [3.05, 3.63) is 23.8 Å². The largest absolute Gasteiger partial charge is 0.496 e. The summed E-state index contributed by atoms with van der Waals surface area (Å²) < 4.78 is 11.5. The number of aliphatic hydroxyl groups excluding tert-OH is 1. The molecule has 1 aromatic rings. The molecule has 29 heavy (non-hydrogen) atoms. The Hall–Kier alpha value is -1.26. The Morgan fingerprint density at radius 2 is 1.93 bits per heavy atom. The average Bonchev–Trinajstić information content (AvgIpc) is 2.68. The predicted molar refractivity (Wildman–Crippen MR) is 121 cm³/mol. The smallest absolute Gasteiger partial charge is 0.125 e. The van der Waals surface area contributed by atoms with E-state index in [1.54, 1.807) is 7.11 Å². The second-order valence-electron chi connectivity index (χ2n) is 9.44. The van der Waals surface area contributed by atoms with E-state index in [9.17, 15) is 5.11 Å². The van der Waals surface area contributed by atoms with E-state index >= 15 is 0 Å². The van der Waals surface area contributed by atoms with Crippen LogP contribution in [0.3, 0.4) is 0 Å². The number of aliphatic hydroxyl groups is 1. The fourth-order valence-electron chi connectivity index (χ4n) is 4.12. The van der Waals surface area contributed by atoms with Crippen molar-refractivity contribution in [1.29, 1.82) is 0 Å². The fourth-order valence-corrected chi connectivity index (χ4v) is 4.12. The molecule has 0 radical (unpaired) electrons. The van der Waals surface area contributed by atoms with Gasteiger partial charge in [-0.15, -0.1) is 0 Å². The maximum Gasteiger partial charge on any atom is 0.125 e. The lowest BCUT2D eigenvalue weighted by molar-refractivity contribution is 0.135. The van der Waals surface area contributed by atoms with Crippen LogP contribution in [0.1, 0.15) is 83.6 Å². The fraction of sp³-hybridized carbons (Fsp3) is 0.760. The highest BCUT2D eigenvalue weighted by molar-refractivity contribution is 5.41. The van der Waals surface area contributed by atoms with Crippen LogP contribution in [0, 0.1) is 11.8 Å². The third-order valence-electron chi connectivity index (χ3n) is 6.33. The Kier molecular flexibility index (Phi) is 10.3. The first-order valence-electron chi connectivity index (χ1n) is 11.7. The molecule has 4 heteroatoms. The highest BCUT2D eigenvalue weighted by atomic mass is 16.5. The number of nitrogens with two attached hydrogens (primary N) is 1. The molecule has 1 aliphatic carbocycles. The van der Waals surface area contributed by atoms with Gasteiger partial charge in [-0.25, -0.2) is 0 Å². The maximum absolute atomic E-state index is 9.83. The SMILES string of the molecule is COc1cc(OCCCCCCC(C)C)ccc1CC[C@@](N)(CO)CC1CCC1. The number of ether oxygens (including phenoxy) is 2. The van der Waals surface area contributed by atoms with Crippen molar-refractivity contribution in [3.8, 4) is 11.5 Å². The Bertz CT molecular complexity index is 585. The van der Waals surface area contributed by atoms with Crippen molar-refractivity contribution in [2.45, 2.75) is 90.0 Å². The van der Waals surface area contributed by atoms with Gasteiger partial charge in [0.1, 0.15) is 11.5 Å². The molecular weight excluding hydrogens is 362 g/mol. The Labute approximate surface area is 178 Å². The summed E-state index contributed by atoms with van der Waals surface area (Å²) >= 11 is 0. The molecule has 166 valence electrons. The van der Waals surface area contributed by atoms with E-state index in [-0.39, 0.29) is 6.61 Å². The number of unbranched alkanes of at least 4 members (excludes halogenated alkanes) is 3. The van der Waals surface area contributed by atoms with Crippen LogP contribution < -0.4 is 15.2 Å². The van der Waals surface area contributed by atoms with Crippen LogP contribution >= 0.6 is 0 Å². The lowest BCUT2D eigenvalue weighted by Crippen LogP contribution is -2.46. The van der Waals surface area contributed by atoms with Crippen molar-refractivity contribution in [1.82, 2.24) is 0 Å². The zero-order valence-corrected chi connectivity index (χ0v) is 18.9. The van der Waals surface area contributed by atoms with E-state index in [2.05, 4.69) is 19.9 Å². The summed E-state index contributed by atoms with van der Waals surface area (Å²) in [6.07, 6.45) is 12.6. The summed E-state index contributed by atoms with van der Waals surface area (Å²) in [5.74, 6) is 3.21. The molecule has 1 atom stereocenters. The van der Waals surface area contributed by atoms with Crippen LogP contribution in [0.15, 0.2) is 18.2 Å². The van der Waals surface area contributed by atoms with Crippen molar-refractivity contribution < 1.29 is 14.6 Å². The van der Waals surface area contributed by atoms with Crippen LogP contribution in [0.5, 0.6) is 11.5 Å². The minimum Gasteiger partial charge on any atom is -0.496 e. The summed E-state index contributed by atoms with van der Waals surface area (Å²) in [6.45, 7) is 5.36. The number of hydrogen-bond acceptors (Lipinski definition) is 4. The molecule has 1 aromatic carbocycles. The predicted octanol–water partition coefficient (Wildman–Crippen LogP) is 5.49. The molecule has 0 saturated heterocycles. The van der Waals surface area contributed by atoms with Gasteiger partial charge in [0.25, 0.3) is 0 Å². The monoisotopic (exact) mass is 405 g/mol. The van der Waals surface area contributed by atoms with Crippen LogP contribution in [-0.2, 0) is 6.42 Å². The Morgan fingerprint density at radius 3 is 2.55 bits per heavy atom. The van der Waals surface area contributed by atoms with E-state index in [1.165, 1.54) is 44.9 Å². The molecule has 0 heterocycles. The lowest BCUT2D eigenvalue weighted by atomic mass is 9.75. The normalized spacial score (nSPS) is 16.5. The van der Waals surface area contributed by atoms with Crippen LogP contribution in [-0.4, -0.2) is 31.0 Å². The van der Waals surface area contributed by atoms with Gasteiger partial charge in [-0.3, -0.25) is 0 Å². The quantitative estimate of drug-likeness (QED) is 0.379. The molecule has 0 bridgehead atoms. The molecule has 2 rings (SSSR count). The van der Waals surface area contributed by atoms with Crippen molar-refractivity contribution in [2.75, 3.05) is 20.3 Å². The molecule has 3 N–H and O–H groups in total. The first-order valence-corrected chi connectivity index (χ1v) is 11.7. The zero-order valence-electron chi connectivity index (χ0n) is 18.9. The third kappa shape index (κ3) is 8.55. The van der Waals surface area contributed by atoms with Crippen molar-refractivity contribution in [2.24, 2.45) is 17.6 Å². The lowest BCUT2D eigenvalue weighted by Gasteiger charge is -2.36. The van der Waals surface area contributed by atoms with E-state index < -0.39 is 5.54 Å². The molecule has 4 nitrogen and oxygen atoms in total. The molecule has 1 saturated carbocycles. The Balaban J connectivity index is 1.77. The van der Waals surface area contributed by atoms with Gasteiger partial charge >= 0.3 is 0 Å². The van der Waals surface area contributed by atoms with Gasteiger partial charge in [0.15, 0.2) is 0 Å². The molecule has 0 amide bonds. The molecule has 1 fully saturated rings. The van der Waals surface area contributed by atoms with Gasteiger partial charge in [0.05, 0.1) is 20.3 Å². The van der Waals surface area contributed by atoms with Crippen molar-refractivity contribution >= 4 is 0 Å². The van der Waals surface area contributed by atoms with Gasteiger partial charge in [-0.1, -0.05) is 64.9 Å². The van der Waals surface area contributed by atoms with Gasteiger partial charge in [0, 0.05) is 11.6 Å². The van der Waals surface area contributed by atoms with Gasteiger partial charge in [-0.2, -0.15) is 0 Å². The Morgan fingerprint density at radius 1 is 1.17 bits per heavy atom. The van der Waals surface area contributed by atoms with Crippen LogP contribution in [0.25, 0.3) is 0 Å². The number of aryl methyl sites for hydroxylation is 1. The standard InChI is InChI=1S/C25H43NO3/c1-20(2)9-6-4-5-7-16-29-23-13-12-22(24(17-23)28-3)14-15-25(26,19-27)18-21-10-8-11-21/h12-13,17,20-21,27H,4-11,14-16,18-19,26H2,1-3H3/t25-/m0/s1. The topological polar surface area (TPSA) is 64.7 Å². The van der Waals surface area contributed by atoms with E-state index in [4.69, 9.17) is 15.2 Å². The van der Waals surface area contributed by atoms with E-state index in [0.29, 0.717) is 5.92 Å². The summed E-state index contributed by atoms with van der Waals surface area (Å²) in [6, 6.07) is 6.09. The molecule has 0 aliphatic heterocycles. The van der Waals surface area contributed by atoms with Gasteiger partial charge < -0.3 is 20.3 Å². The summed E-state index contributed by atoms with van der Waals surface area (Å²) in [5, 5.41) is 9.83. The minimum absolute atomic E-state index is 0.0458. The molecule has 0 unspecified atom stereocenters. The van der Waals surface area contributed by atoms with Crippen LogP contribution in [0.2, 0.25) is 0 Å². The molecule has 1 aliphatic rings. The molecular formula is C25H43NO3. The summed E-state index contributed by atoms with van der Waals surface area (Å²) in [5.41, 5.74) is 7.14. The van der Waals surface area contributed by atoms with Gasteiger partial charge in [0.2, 0.25) is 0 Å². The highest BCUT2D eigenvalue weighted by Crippen LogP contribution is 2.35. The number of methoxy groups -OCH3 is 1. The second-order valence-corrected chi connectivity index (χ2v) is 9.44. The highest BCUT2D eigenvalue weighted by Gasteiger charge is 2.31. The zero-order chi connectivity index (χ0) is 21.1. The van der Waals surface area contributed by atoms with E-state index in [1.807, 2.05) is 12.1 Å². The minimum atomic E-state index is -0.485. The van der Waals surface area contributed by atoms with Crippen LogP contribution in [0.4, 0.5) is 0 Å². The molecule has 0 spiro atoms. The molecule has 0 aromatic heterocycles. The van der Waals surface area contributed by atoms with Gasteiger partial charge in [-0.05, 0) is 49.1 Å². The second kappa shape index (κ2) is 12.4. The number of benzene rings is 1. The summed E-state index contributed by atoms with van der Waals surface area (Å²) in [4.78, 5) is 0. The number of rotatable bonds is 15. The first kappa shape index (κ1) is 24.0. The average molecular weight is 406 g/mol. The summed E-state index contributed by atoms with van der Waals surface area (Å²) in [7, 11) is 1.70. The first-order chi connectivity index (χ1) is 14.0. The van der Waals surface area contributed by atoms with E-state index in [0.717, 1.165) is 55.3 Å². The maximum atomic E-state index is 9.83. The number of hydrogen-bond donors (Lipinski definition) is 2. The third-order valence-corrected chi connectivity index (χ3v) is 6.33.